The SMILES string of the molecule is CC(CNC1CCCC1)Oc1ccc(Br)cc1Cl. The zero-order valence-electron chi connectivity index (χ0n) is 10.6. The molecule has 4 heteroatoms. The van der Waals surface area contributed by atoms with Gasteiger partial charge in [0.2, 0.25) is 0 Å². The van der Waals surface area contributed by atoms with Gasteiger partial charge in [-0.05, 0) is 38.0 Å². The van der Waals surface area contributed by atoms with Crippen molar-refractivity contribution in [2.24, 2.45) is 0 Å². The molecule has 0 saturated heterocycles. The Balaban J connectivity index is 1.80. The van der Waals surface area contributed by atoms with E-state index in [0.29, 0.717) is 11.1 Å². The molecule has 1 N–H and O–H groups in total. The number of benzene rings is 1. The van der Waals surface area contributed by atoms with E-state index >= 15 is 0 Å². The molecule has 1 atom stereocenters. The molecule has 1 aromatic carbocycles. The molecule has 1 unspecified atom stereocenters. The third-order valence-electron chi connectivity index (χ3n) is 3.27. The van der Waals surface area contributed by atoms with Gasteiger partial charge in [-0.1, -0.05) is 40.4 Å². The lowest BCUT2D eigenvalue weighted by Crippen LogP contribution is -2.35. The van der Waals surface area contributed by atoms with Gasteiger partial charge >= 0.3 is 0 Å². The summed E-state index contributed by atoms with van der Waals surface area (Å²) in [7, 11) is 0. The van der Waals surface area contributed by atoms with Crippen LogP contribution in [-0.2, 0) is 0 Å². The first-order valence-electron chi connectivity index (χ1n) is 6.50. The largest absolute Gasteiger partial charge is 0.488 e. The molecule has 2 rings (SSSR count). The molecule has 1 fully saturated rings. The van der Waals surface area contributed by atoms with E-state index in [1.54, 1.807) is 0 Å². The van der Waals surface area contributed by atoms with E-state index in [9.17, 15) is 0 Å². The predicted octanol–water partition coefficient (Wildman–Crippen LogP) is 4.40. The molecule has 0 bridgehead atoms. The first kappa shape index (κ1) is 14.2. The van der Waals surface area contributed by atoms with E-state index in [0.717, 1.165) is 16.8 Å². The number of halogens is 2. The number of ether oxygens (including phenoxy) is 1. The van der Waals surface area contributed by atoms with Crippen molar-refractivity contribution in [3.8, 4) is 5.75 Å². The van der Waals surface area contributed by atoms with E-state index < -0.39 is 0 Å². The Morgan fingerprint density at radius 3 is 2.83 bits per heavy atom. The number of rotatable bonds is 5. The van der Waals surface area contributed by atoms with E-state index in [1.807, 2.05) is 18.2 Å². The molecule has 2 nitrogen and oxygen atoms in total. The molecule has 1 aliphatic carbocycles. The summed E-state index contributed by atoms with van der Waals surface area (Å²) >= 11 is 9.51. The maximum atomic E-state index is 6.13. The van der Waals surface area contributed by atoms with Crippen LogP contribution >= 0.6 is 27.5 Å². The molecule has 0 aliphatic heterocycles. The zero-order valence-corrected chi connectivity index (χ0v) is 12.9. The molecule has 1 saturated carbocycles. The lowest BCUT2D eigenvalue weighted by Gasteiger charge is -2.19. The Kier molecular flexibility index (Phi) is 5.34. The van der Waals surface area contributed by atoms with Gasteiger partial charge in [0.1, 0.15) is 11.9 Å². The highest BCUT2D eigenvalue weighted by Gasteiger charge is 2.15. The van der Waals surface area contributed by atoms with Gasteiger partial charge in [-0.15, -0.1) is 0 Å². The van der Waals surface area contributed by atoms with Crippen LogP contribution in [0.1, 0.15) is 32.6 Å². The Morgan fingerprint density at radius 1 is 1.44 bits per heavy atom. The Labute approximate surface area is 122 Å². The number of hydrogen-bond donors (Lipinski definition) is 1. The number of nitrogens with one attached hydrogen (secondary N) is 1. The van der Waals surface area contributed by atoms with Crippen molar-refractivity contribution in [2.45, 2.75) is 44.8 Å². The molecule has 0 amide bonds. The van der Waals surface area contributed by atoms with Crippen molar-refractivity contribution >= 4 is 27.5 Å². The predicted molar refractivity (Wildman–Crippen MR) is 79.5 cm³/mol. The monoisotopic (exact) mass is 331 g/mol. The lowest BCUT2D eigenvalue weighted by molar-refractivity contribution is 0.211. The van der Waals surface area contributed by atoms with Crippen LogP contribution in [-0.4, -0.2) is 18.7 Å². The summed E-state index contributed by atoms with van der Waals surface area (Å²) in [6.07, 6.45) is 5.43. The van der Waals surface area contributed by atoms with Crippen molar-refractivity contribution in [3.05, 3.63) is 27.7 Å². The summed E-state index contributed by atoms with van der Waals surface area (Å²) in [6.45, 7) is 2.94. The third-order valence-corrected chi connectivity index (χ3v) is 4.06. The molecular formula is C14H19BrClNO. The highest BCUT2D eigenvalue weighted by Crippen LogP contribution is 2.28. The van der Waals surface area contributed by atoms with Crippen LogP contribution in [0, 0.1) is 0 Å². The van der Waals surface area contributed by atoms with Gasteiger partial charge in [-0.2, -0.15) is 0 Å². The maximum Gasteiger partial charge on any atom is 0.138 e. The minimum atomic E-state index is 0.129. The summed E-state index contributed by atoms with van der Waals surface area (Å²) < 4.78 is 6.81. The number of hydrogen-bond acceptors (Lipinski definition) is 2. The Morgan fingerprint density at radius 2 is 2.17 bits per heavy atom. The third kappa shape index (κ3) is 4.15. The smallest absolute Gasteiger partial charge is 0.138 e. The molecule has 0 aromatic heterocycles. The highest BCUT2D eigenvalue weighted by atomic mass is 79.9. The summed E-state index contributed by atoms with van der Waals surface area (Å²) in [4.78, 5) is 0. The Hall–Kier alpha value is -0.250. The van der Waals surface area contributed by atoms with Crippen LogP contribution in [0.3, 0.4) is 0 Å². The van der Waals surface area contributed by atoms with E-state index in [2.05, 4.69) is 28.2 Å². The molecule has 18 heavy (non-hydrogen) atoms. The maximum absolute atomic E-state index is 6.13. The molecule has 0 heterocycles. The summed E-state index contributed by atoms with van der Waals surface area (Å²) in [5.74, 6) is 0.751. The van der Waals surface area contributed by atoms with Crippen LogP contribution in [0.2, 0.25) is 5.02 Å². The second-order valence-corrected chi connectivity index (χ2v) is 6.22. The van der Waals surface area contributed by atoms with E-state index in [-0.39, 0.29) is 6.10 Å². The van der Waals surface area contributed by atoms with Gasteiger partial charge in [0.25, 0.3) is 0 Å². The van der Waals surface area contributed by atoms with Crippen molar-refractivity contribution in [1.29, 1.82) is 0 Å². The normalized spacial score (nSPS) is 17.9. The molecule has 100 valence electrons. The zero-order chi connectivity index (χ0) is 13.0. The second-order valence-electron chi connectivity index (χ2n) is 4.89. The van der Waals surface area contributed by atoms with Gasteiger partial charge in [0, 0.05) is 17.1 Å². The fourth-order valence-corrected chi connectivity index (χ4v) is 3.01. The topological polar surface area (TPSA) is 21.3 Å². The first-order chi connectivity index (χ1) is 8.65. The average Bonchev–Trinajstić information content (AvgIpc) is 2.83. The van der Waals surface area contributed by atoms with Crippen LogP contribution in [0.25, 0.3) is 0 Å². The van der Waals surface area contributed by atoms with Crippen LogP contribution in [0.15, 0.2) is 22.7 Å². The summed E-state index contributed by atoms with van der Waals surface area (Å²) in [6, 6.07) is 6.38. The van der Waals surface area contributed by atoms with Crippen LogP contribution in [0.4, 0.5) is 0 Å². The highest BCUT2D eigenvalue weighted by molar-refractivity contribution is 9.10. The van der Waals surface area contributed by atoms with Crippen molar-refractivity contribution in [1.82, 2.24) is 5.32 Å². The first-order valence-corrected chi connectivity index (χ1v) is 7.67. The van der Waals surface area contributed by atoms with Gasteiger partial charge in [0.15, 0.2) is 0 Å². The summed E-state index contributed by atoms with van der Waals surface area (Å²) in [5, 5.41) is 4.21. The summed E-state index contributed by atoms with van der Waals surface area (Å²) in [5.41, 5.74) is 0. The average molecular weight is 333 g/mol. The fraction of sp³-hybridized carbons (Fsp3) is 0.571. The van der Waals surface area contributed by atoms with Gasteiger partial charge in [-0.3, -0.25) is 0 Å². The second kappa shape index (κ2) is 6.78. The fourth-order valence-electron chi connectivity index (χ4n) is 2.29. The van der Waals surface area contributed by atoms with Crippen molar-refractivity contribution < 1.29 is 4.74 Å². The van der Waals surface area contributed by atoms with Crippen molar-refractivity contribution in [3.63, 3.8) is 0 Å². The van der Waals surface area contributed by atoms with E-state index in [4.69, 9.17) is 16.3 Å². The van der Waals surface area contributed by atoms with Gasteiger partial charge in [-0.25, -0.2) is 0 Å². The lowest BCUT2D eigenvalue weighted by atomic mass is 10.2. The molecular weight excluding hydrogens is 314 g/mol. The van der Waals surface area contributed by atoms with E-state index in [1.165, 1.54) is 25.7 Å². The Bertz CT molecular complexity index is 393. The van der Waals surface area contributed by atoms with Gasteiger partial charge < -0.3 is 10.1 Å². The molecule has 0 radical (unpaired) electrons. The quantitative estimate of drug-likeness (QED) is 0.863. The molecule has 1 aromatic rings. The van der Waals surface area contributed by atoms with Gasteiger partial charge in [0.05, 0.1) is 5.02 Å². The van der Waals surface area contributed by atoms with Crippen molar-refractivity contribution in [2.75, 3.05) is 6.54 Å². The van der Waals surface area contributed by atoms with Crippen LogP contribution in [0.5, 0.6) is 5.75 Å². The minimum absolute atomic E-state index is 0.129. The molecule has 0 spiro atoms. The molecule has 1 aliphatic rings. The van der Waals surface area contributed by atoms with Crippen LogP contribution < -0.4 is 10.1 Å². The minimum Gasteiger partial charge on any atom is -0.488 e. The standard InChI is InChI=1S/C14H19BrClNO/c1-10(9-17-12-4-2-3-5-12)18-14-7-6-11(15)8-13(14)16/h6-8,10,12,17H,2-5,9H2,1H3.